The van der Waals surface area contributed by atoms with Crippen molar-refractivity contribution in [2.24, 2.45) is 9.98 Å². The van der Waals surface area contributed by atoms with Crippen molar-refractivity contribution in [2.75, 3.05) is 0 Å². The van der Waals surface area contributed by atoms with Crippen LogP contribution in [0.15, 0.2) is 119 Å². The number of rotatable bonds is 18. The molecule has 0 aliphatic heterocycles. The summed E-state index contributed by atoms with van der Waals surface area (Å²) in [6.45, 7) is 9.16. The monoisotopic (exact) mass is 1090 g/mol. The number of aromatic carboxylic acids is 2. The van der Waals surface area contributed by atoms with E-state index in [-0.39, 0.29) is 64.9 Å². The number of hydrogen-bond acceptors (Lipinski definition) is 10. The van der Waals surface area contributed by atoms with E-state index in [0.29, 0.717) is 32.8 Å². The Labute approximate surface area is 398 Å². The van der Waals surface area contributed by atoms with Crippen LogP contribution in [0.2, 0.25) is 27.8 Å². The number of aromatic nitrogens is 2. The number of unbranched alkanes of at least 4 members (excludes halogenated alkanes) is 4. The van der Waals surface area contributed by atoms with Gasteiger partial charge in [0.2, 0.25) is 0 Å². The van der Waals surface area contributed by atoms with Crippen LogP contribution in [0.5, 0.6) is 11.5 Å². The average Bonchev–Trinajstić information content (AvgIpc) is 3.28. The van der Waals surface area contributed by atoms with E-state index >= 15 is 0 Å². The number of carboxylic acids is 2. The van der Waals surface area contributed by atoms with Crippen molar-refractivity contribution in [1.29, 1.82) is 0 Å². The van der Waals surface area contributed by atoms with Gasteiger partial charge in [0.1, 0.15) is 0 Å². The molecular formula is C48H56Cl2N4O6Sn2. The van der Waals surface area contributed by atoms with Crippen LogP contribution in [0.3, 0.4) is 0 Å². The van der Waals surface area contributed by atoms with Crippen LogP contribution in [0.1, 0.15) is 111 Å². The molecule has 0 saturated carbocycles. The number of nitrogens with zero attached hydrogens (tertiary/aromatic N) is 4. The molecule has 0 aliphatic rings. The smallest absolute Gasteiger partial charge is 0.0812 e. The molecule has 0 radical (unpaired) electrons. The number of halogens is 2. The van der Waals surface area contributed by atoms with Crippen molar-refractivity contribution in [3.05, 3.63) is 142 Å². The first-order chi connectivity index (χ1) is 29.9. The molecule has 0 spiro atoms. The fraction of sp³-hybridized carbons (Fsp3) is 0.333. The standard InChI is InChI=1S/2C12H9ClN2O.C8H6O4.4C4H9.2Sn/c2*13-9-4-5-12(16)11(7-9)15-8-10-3-1-2-6-14-10;9-7(10)5-1-2-6(4-3-5)8(11)12;4*1-3-4-2;;/h2*1-8,16H;1-4H,(H,9,10)(H,11,12);4*1,3-4H2,2H3;;/q;;;;;;;2*+2/p-4. The molecule has 0 N–H and O–H groups in total. The second-order valence-electron chi connectivity index (χ2n) is 13.3. The number of carbonyl (C=O) groups excluding carboxylic acids is 2. The predicted octanol–water partition coefficient (Wildman–Crippen LogP) is 9.79. The van der Waals surface area contributed by atoms with E-state index in [1.807, 2.05) is 24.3 Å². The van der Waals surface area contributed by atoms with Crippen molar-refractivity contribution >= 4 is 101 Å². The van der Waals surface area contributed by atoms with Crippen LogP contribution >= 0.6 is 23.2 Å². The predicted molar refractivity (Wildman–Crippen MR) is 250 cm³/mol. The summed E-state index contributed by atoms with van der Waals surface area (Å²) in [5, 5.41) is 44.2. The van der Waals surface area contributed by atoms with Crippen molar-refractivity contribution in [2.45, 2.75) is 96.8 Å². The minimum atomic E-state index is -1.33. The van der Waals surface area contributed by atoms with Gasteiger partial charge in [0, 0.05) is 22.4 Å². The summed E-state index contributed by atoms with van der Waals surface area (Å²) in [5.41, 5.74) is 1.92. The molecule has 326 valence electrons. The summed E-state index contributed by atoms with van der Waals surface area (Å²) in [6.07, 6.45) is 18.1. The summed E-state index contributed by atoms with van der Waals surface area (Å²) in [7, 11) is 0. The maximum Gasteiger partial charge on any atom is 0.0812 e. The van der Waals surface area contributed by atoms with Gasteiger partial charge in [0.15, 0.2) is 0 Å². The molecule has 14 heteroatoms. The fourth-order valence-electron chi connectivity index (χ4n) is 4.56. The number of carbonyl (C=O) groups is 2. The maximum absolute atomic E-state index is 11.4. The molecule has 0 unspecified atom stereocenters. The molecule has 3 aromatic carbocycles. The fourth-order valence-corrected chi connectivity index (χ4v) is 13.2. The van der Waals surface area contributed by atoms with E-state index in [0.717, 1.165) is 24.3 Å². The van der Waals surface area contributed by atoms with Gasteiger partial charge in [-0.25, -0.2) is 0 Å². The first kappa shape index (κ1) is 56.0. The third kappa shape index (κ3) is 27.9. The molecule has 5 aromatic rings. The number of hydrogen-bond donors (Lipinski definition) is 0. The molecule has 2 aromatic heterocycles. The molecular weight excluding hydrogens is 1040 g/mol. The van der Waals surface area contributed by atoms with Crippen LogP contribution in [0, 0.1) is 0 Å². The maximum atomic E-state index is 11.4. The van der Waals surface area contributed by atoms with Gasteiger partial charge in [-0.3, -0.25) is 20.0 Å². The topological polar surface area (TPSA) is 177 Å². The van der Waals surface area contributed by atoms with E-state index in [1.54, 1.807) is 54.4 Å². The first-order valence-corrected chi connectivity index (χ1v) is 29.6. The Bertz CT molecular complexity index is 1850. The SMILES string of the molecule is CCC[CH2][Sn+2][CH2]CCC.CCC[CH2][Sn+2][CH2]CCC.O=C([O-])c1ccc(C(=O)[O-])cc1.[O-]c1ccc(Cl)cc1N=Cc1ccccn1.[O-]c1ccc(Cl)cc1N=Cc1ccccn1. The number of aliphatic imine (C=N–C) groups is 2. The zero-order valence-corrected chi connectivity index (χ0v) is 43.2. The van der Waals surface area contributed by atoms with Crippen molar-refractivity contribution in [3.8, 4) is 11.5 Å². The van der Waals surface area contributed by atoms with Gasteiger partial charge in [0.25, 0.3) is 0 Å². The quantitative estimate of drug-likeness (QED) is 0.0473. The van der Waals surface area contributed by atoms with Crippen molar-refractivity contribution < 1.29 is 30.0 Å². The van der Waals surface area contributed by atoms with E-state index in [2.05, 4.69) is 47.6 Å². The summed E-state index contributed by atoms with van der Waals surface area (Å²) in [4.78, 5) is 36.6. The second kappa shape index (κ2) is 36.5. The Balaban J connectivity index is 0.000000397. The van der Waals surface area contributed by atoms with Crippen LogP contribution in [0.25, 0.3) is 0 Å². The Morgan fingerprint density at radius 3 is 1.16 bits per heavy atom. The zero-order chi connectivity index (χ0) is 45.8. The zero-order valence-electron chi connectivity index (χ0n) is 36.0. The molecule has 0 aliphatic carbocycles. The van der Waals surface area contributed by atoms with Crippen LogP contribution in [-0.4, -0.2) is 76.6 Å². The molecule has 5 rings (SSSR count). The minimum Gasteiger partial charge on any atom is -0.871 e. The number of benzene rings is 3. The molecule has 0 saturated heterocycles. The van der Waals surface area contributed by atoms with Gasteiger partial charge in [-0.15, -0.1) is 0 Å². The second-order valence-corrected chi connectivity index (χ2v) is 22.8. The van der Waals surface area contributed by atoms with Gasteiger partial charge in [0.05, 0.1) is 47.1 Å². The number of pyridine rings is 2. The van der Waals surface area contributed by atoms with E-state index < -0.39 is 11.9 Å². The summed E-state index contributed by atoms with van der Waals surface area (Å²) < 4.78 is 6.50. The first-order valence-electron chi connectivity index (χ1n) is 20.7. The molecule has 62 heavy (non-hydrogen) atoms. The molecule has 0 atom stereocenters. The van der Waals surface area contributed by atoms with Gasteiger partial charge < -0.3 is 30.0 Å². The summed E-state index contributed by atoms with van der Waals surface area (Å²) in [5.74, 6) is -2.98. The van der Waals surface area contributed by atoms with E-state index in [4.69, 9.17) is 23.2 Å². The Morgan fingerprint density at radius 2 is 0.887 bits per heavy atom. The van der Waals surface area contributed by atoms with E-state index in [9.17, 15) is 30.0 Å². The Morgan fingerprint density at radius 1 is 0.548 bits per heavy atom. The molecule has 10 nitrogen and oxygen atoms in total. The Kier molecular flexibility index (Phi) is 33.0. The molecule has 2 heterocycles. The van der Waals surface area contributed by atoms with Crippen molar-refractivity contribution in [1.82, 2.24) is 9.97 Å². The normalized spacial score (nSPS) is 10.0. The van der Waals surface area contributed by atoms with Gasteiger partial charge in [-0.1, -0.05) is 83.2 Å². The molecule has 0 bridgehead atoms. The minimum absolute atomic E-state index is 0.0556. The molecule has 0 amide bonds. The Hall–Kier alpha value is -3.98. The molecule has 0 fully saturated rings. The van der Waals surface area contributed by atoms with Gasteiger partial charge in [-0.2, -0.15) is 0 Å². The van der Waals surface area contributed by atoms with Crippen LogP contribution in [0.4, 0.5) is 11.4 Å². The summed E-state index contributed by atoms with van der Waals surface area (Å²) >= 11 is 11.8. The van der Waals surface area contributed by atoms with Crippen molar-refractivity contribution in [3.63, 3.8) is 0 Å². The summed E-state index contributed by atoms with van der Waals surface area (Å²) in [6, 6.07) is 24.5. The van der Waals surface area contributed by atoms with Crippen LogP contribution in [-0.2, 0) is 0 Å². The van der Waals surface area contributed by atoms with Gasteiger partial charge >= 0.3 is 139 Å². The third-order valence-electron chi connectivity index (χ3n) is 8.07. The van der Waals surface area contributed by atoms with Crippen LogP contribution < -0.4 is 20.4 Å². The largest absolute Gasteiger partial charge is 0.871 e. The average molecular weight is 1090 g/mol. The van der Waals surface area contributed by atoms with Gasteiger partial charge in [-0.05, 0) is 59.7 Å². The van der Waals surface area contributed by atoms with E-state index in [1.165, 1.54) is 88.1 Å². The number of carboxylic acid groups (broad SMARTS) is 2. The third-order valence-corrected chi connectivity index (χ3v) is 16.6.